The summed E-state index contributed by atoms with van der Waals surface area (Å²) < 4.78 is 11.7. The fourth-order valence-corrected chi connectivity index (χ4v) is 4.28. The van der Waals surface area contributed by atoms with Gasteiger partial charge in [0, 0.05) is 18.0 Å². The van der Waals surface area contributed by atoms with E-state index in [1.54, 1.807) is 11.1 Å². The van der Waals surface area contributed by atoms with Gasteiger partial charge in [-0.3, -0.25) is 4.90 Å². The Kier molecular flexibility index (Phi) is 2.97. The van der Waals surface area contributed by atoms with Crippen molar-refractivity contribution in [1.29, 1.82) is 0 Å². The zero-order chi connectivity index (χ0) is 16.1. The molecule has 24 heavy (non-hydrogen) atoms. The van der Waals surface area contributed by atoms with Crippen LogP contribution in [0.3, 0.4) is 0 Å². The SMILES string of the molecule is O=C1OC2(CN3CCC2CC3)CN1c1ncc(-c2ccccc2)o1. The van der Waals surface area contributed by atoms with Crippen molar-refractivity contribution < 1.29 is 13.9 Å². The minimum Gasteiger partial charge on any atom is -0.439 e. The highest BCUT2D eigenvalue weighted by Crippen LogP contribution is 2.43. The van der Waals surface area contributed by atoms with Crippen LogP contribution >= 0.6 is 0 Å². The van der Waals surface area contributed by atoms with Gasteiger partial charge >= 0.3 is 12.1 Å². The van der Waals surface area contributed by atoms with Gasteiger partial charge in [-0.1, -0.05) is 30.3 Å². The number of benzene rings is 1. The topological polar surface area (TPSA) is 58.8 Å². The minimum absolute atomic E-state index is 0.326. The van der Waals surface area contributed by atoms with E-state index in [0.717, 1.165) is 38.0 Å². The van der Waals surface area contributed by atoms with Crippen LogP contribution in [0.4, 0.5) is 10.8 Å². The molecule has 0 N–H and O–H groups in total. The first-order valence-electron chi connectivity index (χ1n) is 8.48. The number of nitrogens with zero attached hydrogens (tertiary/aromatic N) is 3. The lowest BCUT2D eigenvalue weighted by Crippen LogP contribution is -2.61. The minimum atomic E-state index is -0.394. The van der Waals surface area contributed by atoms with Crippen molar-refractivity contribution in [2.45, 2.75) is 18.4 Å². The smallest absolute Gasteiger partial charge is 0.418 e. The van der Waals surface area contributed by atoms with Gasteiger partial charge in [0.25, 0.3) is 0 Å². The first-order chi connectivity index (χ1) is 11.7. The first kappa shape index (κ1) is 14.0. The van der Waals surface area contributed by atoms with Gasteiger partial charge in [0.2, 0.25) is 0 Å². The number of fused-ring (bicyclic) bond motifs is 2. The normalized spacial score (nSPS) is 31.7. The number of anilines is 1. The molecule has 6 rings (SSSR count). The molecule has 1 aromatic heterocycles. The van der Waals surface area contributed by atoms with Gasteiger partial charge in [-0.25, -0.2) is 14.7 Å². The molecule has 4 saturated heterocycles. The number of aromatic nitrogens is 1. The van der Waals surface area contributed by atoms with E-state index >= 15 is 0 Å². The Bertz CT molecular complexity index is 767. The standard InChI is InChI=1S/C18H19N3O3/c22-17-21(12-18(24-17)11-20-8-6-14(18)7-9-20)16-19-10-15(23-16)13-4-2-1-3-5-13/h1-5,10,14H,6-9,11-12H2. The van der Waals surface area contributed by atoms with Gasteiger partial charge in [0.1, 0.15) is 5.60 Å². The Balaban J connectivity index is 1.42. The molecule has 1 spiro atoms. The molecule has 0 saturated carbocycles. The van der Waals surface area contributed by atoms with Crippen LogP contribution in [-0.4, -0.2) is 47.8 Å². The summed E-state index contributed by atoms with van der Waals surface area (Å²) in [5.41, 5.74) is 0.552. The molecule has 0 radical (unpaired) electrons. The molecule has 1 atom stereocenters. The molecule has 1 unspecified atom stereocenters. The van der Waals surface area contributed by atoms with E-state index in [4.69, 9.17) is 9.15 Å². The van der Waals surface area contributed by atoms with Crippen LogP contribution in [0.15, 0.2) is 40.9 Å². The molecule has 124 valence electrons. The molecule has 5 heterocycles. The van der Waals surface area contributed by atoms with Crippen LogP contribution in [0.5, 0.6) is 0 Å². The number of ether oxygens (including phenoxy) is 1. The number of hydrogen-bond donors (Lipinski definition) is 0. The summed E-state index contributed by atoms with van der Waals surface area (Å²) in [6.45, 7) is 3.58. The molecular weight excluding hydrogens is 306 g/mol. The van der Waals surface area contributed by atoms with Gasteiger partial charge in [-0.15, -0.1) is 0 Å². The lowest BCUT2D eigenvalue weighted by molar-refractivity contribution is -0.0881. The van der Waals surface area contributed by atoms with Gasteiger partial charge in [-0.2, -0.15) is 0 Å². The summed E-state index contributed by atoms with van der Waals surface area (Å²) >= 11 is 0. The van der Waals surface area contributed by atoms with E-state index in [9.17, 15) is 4.79 Å². The monoisotopic (exact) mass is 325 g/mol. The van der Waals surface area contributed by atoms with Crippen molar-refractivity contribution in [3.05, 3.63) is 36.5 Å². The number of piperidine rings is 3. The molecule has 2 aromatic rings. The highest BCUT2D eigenvalue weighted by Gasteiger charge is 2.56. The predicted octanol–water partition coefficient (Wildman–Crippen LogP) is 2.76. The van der Waals surface area contributed by atoms with Gasteiger partial charge in [0.15, 0.2) is 5.76 Å². The van der Waals surface area contributed by atoms with Crippen LogP contribution < -0.4 is 4.90 Å². The Hall–Kier alpha value is -2.34. The van der Waals surface area contributed by atoms with E-state index in [2.05, 4.69) is 9.88 Å². The average Bonchev–Trinajstić information content (AvgIpc) is 3.22. The summed E-state index contributed by atoms with van der Waals surface area (Å²) in [7, 11) is 0. The van der Waals surface area contributed by atoms with Crippen LogP contribution in [0, 0.1) is 5.92 Å². The fourth-order valence-electron chi connectivity index (χ4n) is 4.28. The zero-order valence-corrected chi connectivity index (χ0v) is 13.4. The number of carbonyl (C=O) groups is 1. The Labute approximate surface area is 140 Å². The van der Waals surface area contributed by atoms with Crippen molar-refractivity contribution in [2.24, 2.45) is 5.92 Å². The molecule has 0 aliphatic carbocycles. The zero-order valence-electron chi connectivity index (χ0n) is 13.4. The summed E-state index contributed by atoms with van der Waals surface area (Å²) in [6, 6.07) is 10.1. The first-order valence-corrected chi connectivity index (χ1v) is 8.48. The number of rotatable bonds is 2. The van der Waals surface area contributed by atoms with Crippen molar-refractivity contribution >= 4 is 12.1 Å². The number of carbonyl (C=O) groups excluding carboxylic acids is 1. The third-order valence-electron chi connectivity index (χ3n) is 5.54. The molecular formula is C18H19N3O3. The van der Waals surface area contributed by atoms with Crippen molar-refractivity contribution in [3.63, 3.8) is 0 Å². The van der Waals surface area contributed by atoms with Crippen LogP contribution in [0.2, 0.25) is 0 Å². The van der Waals surface area contributed by atoms with E-state index < -0.39 is 5.60 Å². The fraction of sp³-hybridized carbons (Fsp3) is 0.444. The van der Waals surface area contributed by atoms with Crippen LogP contribution in [0.1, 0.15) is 12.8 Å². The molecule has 2 bridgehead atoms. The van der Waals surface area contributed by atoms with Gasteiger partial charge < -0.3 is 9.15 Å². The Morgan fingerprint density at radius 2 is 1.92 bits per heavy atom. The molecule has 6 nitrogen and oxygen atoms in total. The summed E-state index contributed by atoms with van der Waals surface area (Å²) in [4.78, 5) is 20.7. The van der Waals surface area contributed by atoms with E-state index in [0.29, 0.717) is 24.2 Å². The Morgan fingerprint density at radius 1 is 1.12 bits per heavy atom. The second-order valence-corrected chi connectivity index (χ2v) is 6.94. The quantitative estimate of drug-likeness (QED) is 0.850. The van der Waals surface area contributed by atoms with E-state index in [1.807, 2.05) is 30.3 Å². The lowest BCUT2D eigenvalue weighted by Gasteiger charge is -2.49. The maximum atomic E-state index is 12.5. The Morgan fingerprint density at radius 3 is 2.62 bits per heavy atom. The molecule has 1 amide bonds. The summed E-state index contributed by atoms with van der Waals surface area (Å²) in [5, 5.41) is 0. The second kappa shape index (κ2) is 5.08. The summed E-state index contributed by atoms with van der Waals surface area (Å²) in [5.74, 6) is 1.10. The second-order valence-electron chi connectivity index (χ2n) is 6.94. The van der Waals surface area contributed by atoms with Gasteiger partial charge in [-0.05, 0) is 25.9 Å². The molecule has 4 aliphatic rings. The lowest BCUT2D eigenvalue weighted by atomic mass is 9.75. The van der Waals surface area contributed by atoms with E-state index in [1.165, 1.54) is 0 Å². The highest BCUT2D eigenvalue weighted by molar-refractivity contribution is 5.88. The highest BCUT2D eigenvalue weighted by atomic mass is 16.6. The molecule has 6 heteroatoms. The third kappa shape index (κ3) is 2.06. The van der Waals surface area contributed by atoms with Crippen molar-refractivity contribution in [3.8, 4) is 11.3 Å². The number of hydrogen-bond acceptors (Lipinski definition) is 5. The van der Waals surface area contributed by atoms with Crippen molar-refractivity contribution in [1.82, 2.24) is 9.88 Å². The average molecular weight is 325 g/mol. The molecule has 4 aliphatic heterocycles. The number of amides is 1. The predicted molar refractivity (Wildman–Crippen MR) is 87.7 cm³/mol. The largest absolute Gasteiger partial charge is 0.439 e. The molecule has 1 aromatic carbocycles. The van der Waals surface area contributed by atoms with Crippen LogP contribution in [0.25, 0.3) is 11.3 Å². The number of oxazole rings is 1. The molecule has 4 fully saturated rings. The van der Waals surface area contributed by atoms with Gasteiger partial charge in [0.05, 0.1) is 12.7 Å². The maximum absolute atomic E-state index is 12.5. The van der Waals surface area contributed by atoms with E-state index in [-0.39, 0.29) is 6.09 Å². The van der Waals surface area contributed by atoms with Crippen molar-refractivity contribution in [2.75, 3.05) is 31.1 Å². The third-order valence-corrected chi connectivity index (χ3v) is 5.54. The van der Waals surface area contributed by atoms with Crippen LogP contribution in [-0.2, 0) is 4.74 Å². The summed E-state index contributed by atoms with van der Waals surface area (Å²) in [6.07, 6.45) is 3.52. The maximum Gasteiger partial charge on any atom is 0.418 e.